The third kappa shape index (κ3) is 5.80. The van der Waals surface area contributed by atoms with Gasteiger partial charge in [-0.15, -0.1) is 24.9 Å². The molecule has 3 aliphatic rings. The number of hydrogen-bond donors (Lipinski definition) is 1. The van der Waals surface area contributed by atoms with Gasteiger partial charge in [0.2, 0.25) is 11.8 Å². The van der Waals surface area contributed by atoms with Crippen LogP contribution in [0.4, 0.5) is 0 Å². The highest BCUT2D eigenvalue weighted by Crippen LogP contribution is 2.68. The van der Waals surface area contributed by atoms with Crippen molar-refractivity contribution >= 4 is 29.5 Å². The molecule has 37 heavy (non-hydrogen) atoms. The fourth-order valence-corrected chi connectivity index (χ4v) is 8.97. The van der Waals surface area contributed by atoms with Gasteiger partial charge >= 0.3 is 5.97 Å². The maximum absolute atomic E-state index is 14.2. The Morgan fingerprint density at radius 3 is 2.57 bits per heavy atom. The van der Waals surface area contributed by atoms with Crippen molar-refractivity contribution in [3.05, 3.63) is 25.3 Å². The Kier molecular flexibility index (Phi) is 10.7. The zero-order valence-corrected chi connectivity index (χ0v) is 23.7. The van der Waals surface area contributed by atoms with E-state index in [1.54, 1.807) is 22.7 Å². The van der Waals surface area contributed by atoms with Gasteiger partial charge in [-0.3, -0.25) is 14.4 Å². The molecule has 208 valence electrons. The maximum Gasteiger partial charge on any atom is 0.310 e. The summed E-state index contributed by atoms with van der Waals surface area (Å²) in [6.07, 6.45) is 10.2. The minimum atomic E-state index is -0.620. The molecule has 3 unspecified atom stereocenters. The number of ether oxygens (including phenoxy) is 1. The van der Waals surface area contributed by atoms with Crippen molar-refractivity contribution < 1.29 is 24.2 Å². The van der Waals surface area contributed by atoms with Crippen molar-refractivity contribution in [1.82, 2.24) is 9.80 Å². The molecule has 2 bridgehead atoms. The highest BCUT2D eigenvalue weighted by atomic mass is 32.2. The second-order valence-corrected chi connectivity index (χ2v) is 12.6. The van der Waals surface area contributed by atoms with Crippen molar-refractivity contribution in [2.45, 2.75) is 94.2 Å². The maximum atomic E-state index is 14.2. The van der Waals surface area contributed by atoms with Crippen LogP contribution in [0.5, 0.6) is 0 Å². The fourth-order valence-electron chi connectivity index (χ4n) is 6.57. The summed E-state index contributed by atoms with van der Waals surface area (Å²) in [5.74, 6) is -1.30. The van der Waals surface area contributed by atoms with E-state index in [4.69, 9.17) is 9.84 Å². The Balaban J connectivity index is 1.89. The van der Waals surface area contributed by atoms with E-state index in [9.17, 15) is 14.4 Å². The van der Waals surface area contributed by atoms with Crippen LogP contribution in [0.3, 0.4) is 0 Å². The number of rotatable bonds is 16. The number of allylic oxidation sites excluding steroid dienone is 1. The summed E-state index contributed by atoms with van der Waals surface area (Å²) in [6.45, 7) is 15.1. The van der Waals surface area contributed by atoms with E-state index in [1.165, 1.54) is 0 Å². The third-order valence-corrected chi connectivity index (χ3v) is 10.4. The average Bonchev–Trinajstić information content (AvgIpc) is 3.45. The molecular formula is C29H46N2O5S. The lowest BCUT2D eigenvalue weighted by Gasteiger charge is -2.41. The second-order valence-electron chi connectivity index (χ2n) is 11.0. The first-order chi connectivity index (χ1) is 17.8. The summed E-state index contributed by atoms with van der Waals surface area (Å²) < 4.78 is 5.08. The number of nitrogens with zero attached hydrogens (tertiary/aromatic N) is 2. The van der Waals surface area contributed by atoms with Crippen LogP contribution in [0, 0.1) is 17.8 Å². The summed E-state index contributed by atoms with van der Waals surface area (Å²) >= 11 is 1.70. The number of carbonyl (C=O) groups excluding carboxylic acids is 3. The van der Waals surface area contributed by atoms with Crippen LogP contribution in [-0.2, 0) is 19.1 Å². The number of aliphatic hydroxyl groups excluding tert-OH is 1. The van der Waals surface area contributed by atoms with Gasteiger partial charge in [-0.2, -0.15) is 0 Å². The number of aliphatic hydroxyl groups is 1. The monoisotopic (exact) mass is 534 g/mol. The van der Waals surface area contributed by atoms with Crippen LogP contribution in [0.15, 0.2) is 25.3 Å². The van der Waals surface area contributed by atoms with Gasteiger partial charge in [0.05, 0.1) is 23.2 Å². The molecule has 0 aromatic carbocycles. The minimum Gasteiger partial charge on any atom is -0.465 e. The first-order valence-corrected chi connectivity index (χ1v) is 14.9. The predicted molar refractivity (Wildman–Crippen MR) is 148 cm³/mol. The summed E-state index contributed by atoms with van der Waals surface area (Å²) in [6, 6.07) is -0.627. The molecule has 3 heterocycles. The van der Waals surface area contributed by atoms with Gasteiger partial charge in [0.15, 0.2) is 0 Å². The molecule has 1 N–H and O–H groups in total. The Bertz CT molecular complexity index is 848. The second kappa shape index (κ2) is 13.3. The molecule has 8 heteroatoms. The summed E-state index contributed by atoms with van der Waals surface area (Å²) in [5, 5.41) is 9.12. The zero-order valence-electron chi connectivity index (χ0n) is 22.9. The number of amides is 2. The summed E-state index contributed by atoms with van der Waals surface area (Å²) in [7, 11) is 0. The van der Waals surface area contributed by atoms with Crippen molar-refractivity contribution in [2.24, 2.45) is 17.8 Å². The molecule has 0 aliphatic carbocycles. The number of esters is 1. The Labute approximate surface area is 227 Å². The lowest BCUT2D eigenvalue weighted by Crippen LogP contribution is -2.58. The number of thioether (sulfide) groups is 1. The number of fused-ring (bicyclic) bond motifs is 1. The van der Waals surface area contributed by atoms with Crippen LogP contribution < -0.4 is 0 Å². The van der Waals surface area contributed by atoms with E-state index < -0.39 is 22.6 Å². The van der Waals surface area contributed by atoms with Gasteiger partial charge in [-0.05, 0) is 58.3 Å². The van der Waals surface area contributed by atoms with E-state index in [-0.39, 0.29) is 41.6 Å². The molecule has 0 saturated carbocycles. The third-order valence-electron chi connectivity index (χ3n) is 8.34. The van der Waals surface area contributed by atoms with Crippen molar-refractivity contribution in [2.75, 3.05) is 26.3 Å². The molecule has 2 amide bonds. The highest BCUT2D eigenvalue weighted by molar-refractivity contribution is 8.02. The standard InChI is InChI=1S/C29H46N2O5S/c1-6-8-9-14-18-36-28(35)23-22-19-21(5)29(37-22)24(23)26(33)31(16-12-10-11-13-17-32)25(29)27(34)30(15-7-2)20(3)4/h6-7,20-25,32H,1-2,8-19H2,3-5H3/t21?,22-,23+,24+,25?,29?/m1/s1. The van der Waals surface area contributed by atoms with E-state index >= 15 is 0 Å². The molecule has 3 saturated heterocycles. The van der Waals surface area contributed by atoms with Crippen LogP contribution in [-0.4, -0.2) is 81.1 Å². The van der Waals surface area contributed by atoms with Crippen LogP contribution in [0.25, 0.3) is 0 Å². The van der Waals surface area contributed by atoms with Gasteiger partial charge in [0, 0.05) is 31.0 Å². The van der Waals surface area contributed by atoms with E-state index in [2.05, 4.69) is 20.1 Å². The highest BCUT2D eigenvalue weighted by Gasteiger charge is 2.76. The SMILES string of the molecule is C=CCCCCOC(=O)[C@@H]1[C@H]2C(=O)N(CCCCCCO)C(C(=O)N(CC=C)C(C)C)C23S[C@@H]1CC3C. The van der Waals surface area contributed by atoms with Crippen molar-refractivity contribution in [3.63, 3.8) is 0 Å². The number of carbonyl (C=O) groups is 3. The van der Waals surface area contributed by atoms with Crippen molar-refractivity contribution in [1.29, 1.82) is 0 Å². The largest absolute Gasteiger partial charge is 0.465 e. The van der Waals surface area contributed by atoms with E-state index in [0.29, 0.717) is 19.7 Å². The fraction of sp³-hybridized carbons (Fsp3) is 0.759. The summed E-state index contributed by atoms with van der Waals surface area (Å²) in [5.41, 5.74) is 0. The Morgan fingerprint density at radius 1 is 1.19 bits per heavy atom. The predicted octanol–water partition coefficient (Wildman–Crippen LogP) is 4.20. The normalized spacial score (nSPS) is 30.0. The topological polar surface area (TPSA) is 87.1 Å². The average molecular weight is 535 g/mol. The molecule has 3 rings (SSSR count). The first-order valence-electron chi connectivity index (χ1n) is 14.0. The molecule has 0 radical (unpaired) electrons. The molecule has 0 aromatic rings. The number of likely N-dealkylation sites (tertiary alicyclic amines) is 1. The first kappa shape index (κ1) is 29.8. The van der Waals surface area contributed by atoms with Gasteiger partial charge in [-0.1, -0.05) is 31.9 Å². The van der Waals surface area contributed by atoms with Crippen LogP contribution >= 0.6 is 11.8 Å². The molecule has 3 fully saturated rings. The smallest absolute Gasteiger partial charge is 0.310 e. The van der Waals surface area contributed by atoms with Gasteiger partial charge in [0.1, 0.15) is 6.04 Å². The number of hydrogen-bond acceptors (Lipinski definition) is 6. The van der Waals surface area contributed by atoms with E-state index in [0.717, 1.165) is 51.4 Å². The Hall–Kier alpha value is -1.80. The molecule has 0 aromatic heterocycles. The molecule has 1 spiro atoms. The minimum absolute atomic E-state index is 0.00136. The van der Waals surface area contributed by atoms with Gasteiger partial charge in [-0.25, -0.2) is 0 Å². The molecule has 6 atom stereocenters. The molecule has 7 nitrogen and oxygen atoms in total. The quantitative estimate of drug-likeness (QED) is 0.181. The van der Waals surface area contributed by atoms with Crippen molar-refractivity contribution in [3.8, 4) is 0 Å². The molecular weight excluding hydrogens is 488 g/mol. The van der Waals surface area contributed by atoms with Gasteiger partial charge < -0.3 is 19.6 Å². The Morgan fingerprint density at radius 2 is 1.92 bits per heavy atom. The van der Waals surface area contributed by atoms with Gasteiger partial charge in [0.25, 0.3) is 0 Å². The van der Waals surface area contributed by atoms with E-state index in [1.807, 2.05) is 24.8 Å². The summed E-state index contributed by atoms with van der Waals surface area (Å²) in [4.78, 5) is 45.3. The zero-order chi connectivity index (χ0) is 27.2. The van der Waals surface area contributed by atoms with Crippen LogP contribution in [0.1, 0.15) is 72.1 Å². The van der Waals surface area contributed by atoms with Crippen LogP contribution in [0.2, 0.25) is 0 Å². The lowest BCUT2D eigenvalue weighted by molar-refractivity contribution is -0.154. The number of unbranched alkanes of at least 4 members (excludes halogenated alkanes) is 5. The molecule has 3 aliphatic heterocycles. The lowest BCUT2D eigenvalue weighted by atomic mass is 9.66.